The fourth-order valence-corrected chi connectivity index (χ4v) is 2.11. The van der Waals surface area contributed by atoms with E-state index in [0.29, 0.717) is 16.8 Å². The third-order valence-electron chi connectivity index (χ3n) is 3.18. The first kappa shape index (κ1) is 15.5. The molecule has 0 spiro atoms. The summed E-state index contributed by atoms with van der Waals surface area (Å²) >= 11 is 0. The van der Waals surface area contributed by atoms with Crippen LogP contribution in [-0.2, 0) is 0 Å². The summed E-state index contributed by atoms with van der Waals surface area (Å²) in [4.78, 5) is 24.3. The Morgan fingerprint density at radius 3 is 1.86 bits per heavy atom. The summed E-state index contributed by atoms with van der Waals surface area (Å²) in [6.07, 6.45) is 1.73. The number of fused-ring (bicyclic) bond motifs is 1. The summed E-state index contributed by atoms with van der Waals surface area (Å²) in [6, 6.07) is 14.1. The zero-order valence-electron chi connectivity index (χ0n) is 12.7. The number of rotatable bonds is 3. The molecule has 0 aromatic heterocycles. The van der Waals surface area contributed by atoms with Crippen molar-refractivity contribution >= 4 is 23.6 Å². The fraction of sp³-hybridized carbons (Fsp3) is 0.111. The summed E-state index contributed by atoms with van der Waals surface area (Å²) in [5.41, 5.74) is 5.33. The number of hydrogen-bond acceptors (Lipinski definition) is 3. The molecule has 0 aliphatic carbocycles. The van der Waals surface area contributed by atoms with E-state index in [2.05, 4.69) is 12.0 Å². The van der Waals surface area contributed by atoms with Crippen molar-refractivity contribution in [1.29, 1.82) is 0 Å². The first-order valence-electron chi connectivity index (χ1n) is 7.17. The largest absolute Gasteiger partial charge is 0.288 e. The maximum absolute atomic E-state index is 12.2. The van der Waals surface area contributed by atoms with Gasteiger partial charge >= 0.3 is 0 Å². The second kappa shape index (κ2) is 6.72. The van der Waals surface area contributed by atoms with Gasteiger partial charge in [0.05, 0.1) is 16.8 Å². The van der Waals surface area contributed by atoms with Crippen LogP contribution in [-0.4, -0.2) is 16.8 Å². The predicted molar refractivity (Wildman–Crippen MR) is 88.4 cm³/mol. The number of imide groups is 1. The number of carbonyl (C=O) groups excluding carboxylic acids is 2. The molecule has 1 aliphatic heterocycles. The minimum Gasteiger partial charge on any atom is -0.288 e. The van der Waals surface area contributed by atoms with Crippen molar-refractivity contribution in [2.75, 3.05) is 5.43 Å². The Bertz CT molecular complexity index is 670. The summed E-state index contributed by atoms with van der Waals surface area (Å²) in [7, 11) is 0. The Hall–Kier alpha value is -2.88. The van der Waals surface area contributed by atoms with Crippen molar-refractivity contribution in [3.63, 3.8) is 0 Å². The number of nitrogens with one attached hydrogen (secondary N) is 1. The molecule has 0 fully saturated rings. The van der Waals surface area contributed by atoms with Crippen LogP contribution >= 0.6 is 0 Å². The van der Waals surface area contributed by atoms with Crippen molar-refractivity contribution in [3.8, 4) is 0 Å². The molecule has 2 aromatic rings. The number of hydrazine groups is 1. The van der Waals surface area contributed by atoms with Gasteiger partial charge in [-0.05, 0) is 29.8 Å². The number of nitrogens with zero attached hydrogens (tertiary/aromatic N) is 1. The number of hydrogen-bond donors (Lipinski definition) is 1. The molecule has 2 amide bonds. The van der Waals surface area contributed by atoms with E-state index in [9.17, 15) is 9.59 Å². The van der Waals surface area contributed by atoms with Crippen LogP contribution in [0.4, 0.5) is 5.69 Å². The van der Waals surface area contributed by atoms with Gasteiger partial charge in [0.2, 0.25) is 0 Å². The molecular formula is C18H18N2O2. The highest BCUT2D eigenvalue weighted by atomic mass is 16.2. The zero-order chi connectivity index (χ0) is 16.1. The molecule has 0 atom stereocenters. The molecule has 0 unspecified atom stereocenters. The summed E-state index contributed by atoms with van der Waals surface area (Å²) in [6.45, 7) is 7.68. The predicted octanol–water partition coefficient (Wildman–Crippen LogP) is 3.98. The molecule has 112 valence electrons. The van der Waals surface area contributed by atoms with Crippen LogP contribution in [0.2, 0.25) is 0 Å². The highest BCUT2D eigenvalue weighted by Gasteiger charge is 2.35. The monoisotopic (exact) mass is 294 g/mol. The van der Waals surface area contributed by atoms with Crippen molar-refractivity contribution in [3.05, 3.63) is 71.8 Å². The van der Waals surface area contributed by atoms with E-state index < -0.39 is 0 Å². The molecule has 1 aliphatic rings. The van der Waals surface area contributed by atoms with Crippen LogP contribution in [0, 0.1) is 0 Å². The van der Waals surface area contributed by atoms with Crippen LogP contribution in [0.25, 0.3) is 6.08 Å². The molecule has 0 saturated heterocycles. The first-order valence-corrected chi connectivity index (χ1v) is 7.17. The van der Waals surface area contributed by atoms with Crippen molar-refractivity contribution in [2.45, 2.75) is 13.8 Å². The van der Waals surface area contributed by atoms with E-state index in [1.54, 1.807) is 42.5 Å². The third-order valence-corrected chi connectivity index (χ3v) is 3.18. The Balaban J connectivity index is 0.000000847. The van der Waals surface area contributed by atoms with Gasteiger partial charge in [-0.15, -0.1) is 0 Å². The van der Waals surface area contributed by atoms with E-state index in [0.717, 1.165) is 10.6 Å². The van der Waals surface area contributed by atoms with Gasteiger partial charge in [-0.2, -0.15) is 5.01 Å². The summed E-state index contributed by atoms with van der Waals surface area (Å²) < 4.78 is 0. The van der Waals surface area contributed by atoms with E-state index in [4.69, 9.17) is 0 Å². The SMILES string of the molecule is C=Cc1ccc(NN2C(=O)c3ccccc3C2=O)cc1.CC. The molecule has 1 N–H and O–H groups in total. The lowest BCUT2D eigenvalue weighted by Crippen LogP contribution is -2.35. The lowest BCUT2D eigenvalue weighted by molar-refractivity contribution is 0.0691. The average Bonchev–Trinajstić information content (AvgIpc) is 2.83. The number of carbonyl (C=O) groups is 2. The van der Waals surface area contributed by atoms with Gasteiger partial charge < -0.3 is 0 Å². The van der Waals surface area contributed by atoms with Crippen LogP contribution in [0.5, 0.6) is 0 Å². The second-order valence-electron chi connectivity index (χ2n) is 4.43. The molecule has 0 radical (unpaired) electrons. The van der Waals surface area contributed by atoms with Gasteiger partial charge in [0, 0.05) is 0 Å². The quantitative estimate of drug-likeness (QED) is 0.871. The molecule has 4 heteroatoms. The molecule has 0 saturated carbocycles. The van der Waals surface area contributed by atoms with Crippen LogP contribution in [0.3, 0.4) is 0 Å². The fourth-order valence-electron chi connectivity index (χ4n) is 2.11. The average molecular weight is 294 g/mol. The molecule has 0 bridgehead atoms. The molecule has 2 aromatic carbocycles. The lowest BCUT2D eigenvalue weighted by atomic mass is 10.1. The smallest absolute Gasteiger partial charge is 0.280 e. The summed E-state index contributed by atoms with van der Waals surface area (Å²) in [5, 5.41) is 1.04. The normalized spacial score (nSPS) is 12.4. The number of anilines is 1. The van der Waals surface area contributed by atoms with Gasteiger partial charge in [-0.1, -0.05) is 50.8 Å². The van der Waals surface area contributed by atoms with Crippen LogP contribution in [0.1, 0.15) is 40.1 Å². The maximum Gasteiger partial charge on any atom is 0.280 e. The number of amides is 2. The molecule has 1 heterocycles. The topological polar surface area (TPSA) is 49.4 Å². The van der Waals surface area contributed by atoms with E-state index >= 15 is 0 Å². The Kier molecular flexibility index (Phi) is 4.73. The maximum atomic E-state index is 12.2. The molecule has 3 rings (SSSR count). The van der Waals surface area contributed by atoms with E-state index in [1.807, 2.05) is 26.0 Å². The number of benzene rings is 2. The Labute approximate surface area is 130 Å². The van der Waals surface area contributed by atoms with Gasteiger partial charge in [-0.25, -0.2) is 0 Å². The van der Waals surface area contributed by atoms with Gasteiger partial charge in [0.25, 0.3) is 11.8 Å². The standard InChI is InChI=1S/C16H12N2O2.C2H6/c1-2-11-7-9-12(10-8-11)17-18-15(19)13-5-3-4-6-14(13)16(18)20;1-2/h2-10,17H,1H2;1-2H3. The molecule has 22 heavy (non-hydrogen) atoms. The molecule has 4 nitrogen and oxygen atoms in total. The van der Waals surface area contributed by atoms with Crippen molar-refractivity contribution < 1.29 is 9.59 Å². The van der Waals surface area contributed by atoms with Crippen molar-refractivity contribution in [2.24, 2.45) is 0 Å². The Morgan fingerprint density at radius 2 is 1.41 bits per heavy atom. The van der Waals surface area contributed by atoms with Crippen molar-refractivity contribution in [1.82, 2.24) is 5.01 Å². The minimum atomic E-state index is -0.335. The third kappa shape index (κ3) is 2.76. The van der Waals surface area contributed by atoms with Gasteiger partial charge in [0.15, 0.2) is 0 Å². The van der Waals surface area contributed by atoms with E-state index in [1.165, 1.54) is 0 Å². The van der Waals surface area contributed by atoms with Gasteiger partial charge in [0.1, 0.15) is 0 Å². The molecular weight excluding hydrogens is 276 g/mol. The highest BCUT2D eigenvalue weighted by molar-refractivity contribution is 6.21. The first-order chi connectivity index (χ1) is 10.7. The van der Waals surface area contributed by atoms with Crippen LogP contribution < -0.4 is 5.43 Å². The summed E-state index contributed by atoms with van der Waals surface area (Å²) in [5.74, 6) is -0.670. The highest BCUT2D eigenvalue weighted by Crippen LogP contribution is 2.23. The Morgan fingerprint density at radius 1 is 0.909 bits per heavy atom. The minimum absolute atomic E-state index is 0.335. The van der Waals surface area contributed by atoms with E-state index in [-0.39, 0.29) is 11.8 Å². The van der Waals surface area contributed by atoms with Crippen LogP contribution in [0.15, 0.2) is 55.1 Å². The zero-order valence-corrected chi connectivity index (χ0v) is 12.7. The van der Waals surface area contributed by atoms with Gasteiger partial charge in [-0.3, -0.25) is 15.0 Å². The lowest BCUT2D eigenvalue weighted by Gasteiger charge is -2.16. The second-order valence-corrected chi connectivity index (χ2v) is 4.43.